The summed E-state index contributed by atoms with van der Waals surface area (Å²) >= 11 is 1.32. The van der Waals surface area contributed by atoms with Crippen molar-refractivity contribution in [1.82, 2.24) is 9.88 Å². The largest absolute Gasteiger partial charge is 0.338 e. The van der Waals surface area contributed by atoms with Gasteiger partial charge in [0, 0.05) is 24.0 Å². The molecule has 3 aromatic rings. The lowest BCUT2D eigenvalue weighted by Gasteiger charge is -2.20. The first kappa shape index (κ1) is 18.8. The highest BCUT2D eigenvalue weighted by molar-refractivity contribution is 7.14. The Kier molecular flexibility index (Phi) is 6.33. The zero-order valence-electron chi connectivity index (χ0n) is 15.1. The number of nitrogens with one attached hydrogen (secondary N) is 1. The van der Waals surface area contributed by atoms with Crippen molar-refractivity contribution in [3.8, 4) is 0 Å². The molecule has 1 aromatic heterocycles. The lowest BCUT2D eigenvalue weighted by atomic mass is 10.2. The minimum absolute atomic E-state index is 0.0209. The number of anilines is 1. The fraction of sp³-hybridized carbons (Fsp3) is 0.190. The molecule has 0 bridgehead atoms. The molecule has 1 N–H and O–H groups in total. The third-order valence-electron chi connectivity index (χ3n) is 4.09. The van der Waals surface area contributed by atoms with Crippen LogP contribution in [0.3, 0.4) is 0 Å². The highest BCUT2D eigenvalue weighted by Crippen LogP contribution is 2.18. The van der Waals surface area contributed by atoms with Gasteiger partial charge < -0.3 is 4.90 Å². The van der Waals surface area contributed by atoms with Crippen LogP contribution < -0.4 is 5.32 Å². The second-order valence-corrected chi connectivity index (χ2v) is 6.89. The molecule has 0 aliphatic carbocycles. The van der Waals surface area contributed by atoms with E-state index in [-0.39, 0.29) is 18.2 Å². The number of aromatic nitrogens is 1. The minimum atomic E-state index is -0.206. The van der Waals surface area contributed by atoms with Crippen molar-refractivity contribution in [2.75, 3.05) is 11.9 Å². The van der Waals surface area contributed by atoms with E-state index in [1.54, 1.807) is 17.0 Å². The molecule has 0 unspecified atom stereocenters. The lowest BCUT2D eigenvalue weighted by molar-refractivity contribution is -0.130. The van der Waals surface area contributed by atoms with Crippen LogP contribution in [0.1, 0.15) is 28.5 Å². The SMILES string of the molecule is CCN(Cc1ccccc1)C(=O)Cc1csc(NC(=O)c2ccccc2)n1. The number of hydrogen-bond donors (Lipinski definition) is 1. The van der Waals surface area contributed by atoms with Crippen LogP contribution in [-0.2, 0) is 17.8 Å². The highest BCUT2D eigenvalue weighted by Gasteiger charge is 2.15. The average Bonchev–Trinajstić information content (AvgIpc) is 3.14. The standard InChI is InChI=1S/C21H21N3O2S/c1-2-24(14-16-9-5-3-6-10-16)19(25)13-18-15-27-21(22-18)23-20(26)17-11-7-4-8-12-17/h3-12,15H,2,13-14H2,1H3,(H,22,23,26). The van der Waals surface area contributed by atoms with Crippen LogP contribution in [0, 0.1) is 0 Å². The van der Waals surface area contributed by atoms with Gasteiger partial charge in [-0.2, -0.15) is 0 Å². The highest BCUT2D eigenvalue weighted by atomic mass is 32.1. The molecule has 0 saturated heterocycles. The molecule has 6 heteroatoms. The number of likely N-dealkylation sites (N-methyl/N-ethyl adjacent to an activating group) is 1. The number of hydrogen-bond acceptors (Lipinski definition) is 4. The Hall–Kier alpha value is -2.99. The summed E-state index contributed by atoms with van der Waals surface area (Å²) in [4.78, 5) is 31.0. The average molecular weight is 379 g/mol. The van der Waals surface area contributed by atoms with Gasteiger partial charge in [0.05, 0.1) is 12.1 Å². The number of nitrogens with zero attached hydrogens (tertiary/aromatic N) is 2. The van der Waals surface area contributed by atoms with Gasteiger partial charge in [0.2, 0.25) is 5.91 Å². The van der Waals surface area contributed by atoms with Gasteiger partial charge in [-0.3, -0.25) is 14.9 Å². The van der Waals surface area contributed by atoms with Crippen molar-refractivity contribution in [3.05, 3.63) is 82.9 Å². The van der Waals surface area contributed by atoms with Gasteiger partial charge in [0.15, 0.2) is 5.13 Å². The maximum absolute atomic E-state index is 12.6. The molecule has 0 spiro atoms. The molecule has 0 fully saturated rings. The molecule has 138 valence electrons. The maximum Gasteiger partial charge on any atom is 0.257 e. The van der Waals surface area contributed by atoms with Crippen LogP contribution in [0.25, 0.3) is 0 Å². The van der Waals surface area contributed by atoms with E-state index in [0.29, 0.717) is 29.5 Å². The zero-order chi connectivity index (χ0) is 19.1. The molecule has 1 heterocycles. The normalized spacial score (nSPS) is 10.4. The second kappa shape index (κ2) is 9.09. The smallest absolute Gasteiger partial charge is 0.257 e. The summed E-state index contributed by atoms with van der Waals surface area (Å²) in [6.07, 6.45) is 0.221. The first-order valence-corrected chi connectivity index (χ1v) is 9.66. The molecule has 0 aliphatic heterocycles. The van der Waals surface area contributed by atoms with E-state index in [1.807, 2.05) is 60.8 Å². The third kappa shape index (κ3) is 5.24. The molecule has 2 aromatic carbocycles. The molecule has 3 rings (SSSR count). The number of thiazole rings is 1. The molecular weight excluding hydrogens is 358 g/mol. The van der Waals surface area contributed by atoms with Crippen LogP contribution in [0.15, 0.2) is 66.0 Å². The van der Waals surface area contributed by atoms with Gasteiger partial charge in [-0.05, 0) is 24.6 Å². The van der Waals surface area contributed by atoms with E-state index < -0.39 is 0 Å². The Morgan fingerprint density at radius 1 is 1.04 bits per heavy atom. The Morgan fingerprint density at radius 3 is 2.37 bits per heavy atom. The van der Waals surface area contributed by atoms with Crippen LogP contribution in [0.5, 0.6) is 0 Å². The van der Waals surface area contributed by atoms with Crippen molar-refractivity contribution >= 4 is 28.3 Å². The van der Waals surface area contributed by atoms with Crippen molar-refractivity contribution in [1.29, 1.82) is 0 Å². The van der Waals surface area contributed by atoms with E-state index in [9.17, 15) is 9.59 Å². The minimum Gasteiger partial charge on any atom is -0.338 e. The third-order valence-corrected chi connectivity index (χ3v) is 4.90. The summed E-state index contributed by atoms with van der Waals surface area (Å²) < 4.78 is 0. The summed E-state index contributed by atoms with van der Waals surface area (Å²) in [7, 11) is 0. The first-order valence-electron chi connectivity index (χ1n) is 8.78. The number of rotatable bonds is 7. The molecule has 0 atom stereocenters. The lowest BCUT2D eigenvalue weighted by Crippen LogP contribution is -2.31. The maximum atomic E-state index is 12.6. The van der Waals surface area contributed by atoms with E-state index in [0.717, 1.165) is 5.56 Å². The fourth-order valence-electron chi connectivity index (χ4n) is 2.65. The Labute approximate surface area is 162 Å². The Balaban J connectivity index is 1.59. The molecular formula is C21H21N3O2S. The van der Waals surface area contributed by atoms with Crippen molar-refractivity contribution < 1.29 is 9.59 Å². The van der Waals surface area contributed by atoms with Gasteiger partial charge >= 0.3 is 0 Å². The van der Waals surface area contributed by atoms with E-state index >= 15 is 0 Å². The zero-order valence-corrected chi connectivity index (χ0v) is 15.9. The monoisotopic (exact) mass is 379 g/mol. The summed E-state index contributed by atoms with van der Waals surface area (Å²) in [6, 6.07) is 18.9. The van der Waals surface area contributed by atoms with Gasteiger partial charge in [-0.1, -0.05) is 48.5 Å². The first-order chi connectivity index (χ1) is 13.2. The molecule has 2 amide bonds. The predicted molar refractivity (Wildman–Crippen MR) is 108 cm³/mol. The van der Waals surface area contributed by atoms with Gasteiger partial charge in [0.25, 0.3) is 5.91 Å². The number of carbonyl (C=O) groups is 2. The van der Waals surface area contributed by atoms with Gasteiger partial charge in [-0.15, -0.1) is 11.3 Å². The summed E-state index contributed by atoms with van der Waals surface area (Å²) in [5, 5.41) is 5.09. The number of carbonyl (C=O) groups excluding carboxylic acids is 2. The Morgan fingerprint density at radius 2 is 1.70 bits per heavy atom. The van der Waals surface area contributed by atoms with Gasteiger partial charge in [0.1, 0.15) is 0 Å². The van der Waals surface area contributed by atoms with Crippen LogP contribution in [0.4, 0.5) is 5.13 Å². The quantitative estimate of drug-likeness (QED) is 0.675. The fourth-order valence-corrected chi connectivity index (χ4v) is 3.36. The summed E-state index contributed by atoms with van der Waals surface area (Å²) in [5.41, 5.74) is 2.34. The Bertz CT molecular complexity index is 894. The second-order valence-electron chi connectivity index (χ2n) is 6.03. The number of benzene rings is 2. The topological polar surface area (TPSA) is 62.3 Å². The molecule has 0 saturated carbocycles. The molecule has 27 heavy (non-hydrogen) atoms. The van der Waals surface area contributed by atoms with E-state index in [4.69, 9.17) is 0 Å². The predicted octanol–water partition coefficient (Wildman–Crippen LogP) is 3.99. The van der Waals surface area contributed by atoms with Crippen LogP contribution >= 0.6 is 11.3 Å². The number of amides is 2. The molecule has 5 nitrogen and oxygen atoms in total. The van der Waals surface area contributed by atoms with Crippen molar-refractivity contribution in [2.45, 2.75) is 19.9 Å². The van der Waals surface area contributed by atoms with Crippen molar-refractivity contribution in [2.24, 2.45) is 0 Å². The molecule has 0 radical (unpaired) electrons. The van der Waals surface area contributed by atoms with Crippen LogP contribution in [0.2, 0.25) is 0 Å². The van der Waals surface area contributed by atoms with Gasteiger partial charge in [-0.25, -0.2) is 4.98 Å². The van der Waals surface area contributed by atoms with Crippen molar-refractivity contribution in [3.63, 3.8) is 0 Å². The summed E-state index contributed by atoms with van der Waals surface area (Å²) in [6.45, 7) is 3.18. The summed E-state index contributed by atoms with van der Waals surface area (Å²) in [5.74, 6) is -0.185. The molecule has 0 aliphatic rings. The van der Waals surface area contributed by atoms with E-state index in [1.165, 1.54) is 11.3 Å². The van der Waals surface area contributed by atoms with E-state index in [2.05, 4.69) is 10.3 Å². The van der Waals surface area contributed by atoms with Crippen LogP contribution in [-0.4, -0.2) is 28.2 Å².